The molecule has 7 nitrogen and oxygen atoms in total. The normalized spacial score (nSPS) is 11.8. The Balaban J connectivity index is 1.99. The summed E-state index contributed by atoms with van der Waals surface area (Å²) in [4.78, 5) is 34.0. The molecule has 0 aliphatic heterocycles. The molecule has 4 rings (SSSR count). The average Bonchev–Trinajstić information content (AvgIpc) is 2.89. The van der Waals surface area contributed by atoms with Gasteiger partial charge in [-0.1, -0.05) is 35.9 Å². The smallest absolute Gasteiger partial charge is 0.266 e. The lowest BCUT2D eigenvalue weighted by atomic mass is 10.1. The van der Waals surface area contributed by atoms with Gasteiger partial charge >= 0.3 is 0 Å². The minimum absolute atomic E-state index is 0.258. The van der Waals surface area contributed by atoms with Crippen molar-refractivity contribution < 1.29 is 14.3 Å². The largest absolute Gasteiger partial charge is 0.497 e. The number of benzene rings is 3. The standard InChI is InChI=1S/C27H25BrClN3O4/c1-5-31(26(33)18-10-6-8-12-20(18)29)16(2)25-30-21-13-9-7-11-19(21)27(34)32(25)22-14-17(35-3)15-23(36-4)24(22)28/h6-16H,5H2,1-4H3. The number of halogens is 2. The third-order valence-electron chi connectivity index (χ3n) is 6.04. The lowest BCUT2D eigenvalue weighted by molar-refractivity contribution is 0.0693. The fourth-order valence-electron chi connectivity index (χ4n) is 4.17. The Morgan fingerprint density at radius 3 is 2.47 bits per heavy atom. The van der Waals surface area contributed by atoms with Gasteiger partial charge in [-0.25, -0.2) is 4.98 Å². The number of para-hydroxylation sites is 1. The van der Waals surface area contributed by atoms with Crippen molar-refractivity contribution in [3.8, 4) is 17.2 Å². The molecule has 9 heteroatoms. The van der Waals surface area contributed by atoms with Crippen LogP contribution < -0.4 is 15.0 Å². The molecule has 1 amide bonds. The molecule has 186 valence electrons. The molecule has 0 aliphatic rings. The summed E-state index contributed by atoms with van der Waals surface area (Å²) in [6.07, 6.45) is 0. The molecule has 0 saturated heterocycles. The van der Waals surface area contributed by atoms with Crippen LogP contribution in [-0.2, 0) is 0 Å². The van der Waals surface area contributed by atoms with Crippen LogP contribution in [0.1, 0.15) is 36.1 Å². The Labute approximate surface area is 222 Å². The minimum atomic E-state index is -0.583. The second-order valence-electron chi connectivity index (χ2n) is 8.04. The summed E-state index contributed by atoms with van der Waals surface area (Å²) in [5.41, 5.74) is 1.12. The quantitative estimate of drug-likeness (QED) is 0.271. The van der Waals surface area contributed by atoms with Crippen molar-refractivity contribution in [1.29, 1.82) is 0 Å². The van der Waals surface area contributed by atoms with Gasteiger partial charge in [-0.05, 0) is 54.0 Å². The molecule has 0 N–H and O–H groups in total. The number of nitrogens with zero attached hydrogens (tertiary/aromatic N) is 3. The van der Waals surface area contributed by atoms with Gasteiger partial charge in [-0.3, -0.25) is 14.2 Å². The Morgan fingerprint density at radius 2 is 1.81 bits per heavy atom. The van der Waals surface area contributed by atoms with Gasteiger partial charge in [0.15, 0.2) is 0 Å². The van der Waals surface area contributed by atoms with E-state index >= 15 is 0 Å². The van der Waals surface area contributed by atoms with Crippen LogP contribution in [0.5, 0.6) is 11.5 Å². The van der Waals surface area contributed by atoms with E-state index in [0.717, 1.165) is 0 Å². The number of fused-ring (bicyclic) bond motifs is 1. The van der Waals surface area contributed by atoms with E-state index in [2.05, 4.69) is 15.9 Å². The molecule has 0 radical (unpaired) electrons. The van der Waals surface area contributed by atoms with Gasteiger partial charge in [0.1, 0.15) is 17.3 Å². The van der Waals surface area contributed by atoms with Crippen LogP contribution in [0.25, 0.3) is 16.6 Å². The second-order valence-corrected chi connectivity index (χ2v) is 9.24. The molecule has 1 heterocycles. The Kier molecular flexibility index (Phi) is 7.66. The van der Waals surface area contributed by atoms with Gasteiger partial charge in [0.25, 0.3) is 11.5 Å². The second kappa shape index (κ2) is 10.7. The maximum atomic E-state index is 13.9. The molecular formula is C27H25BrClN3O4. The van der Waals surface area contributed by atoms with Gasteiger partial charge in [0, 0.05) is 18.7 Å². The first-order chi connectivity index (χ1) is 17.3. The summed E-state index contributed by atoms with van der Waals surface area (Å²) in [6, 6.07) is 16.9. The van der Waals surface area contributed by atoms with E-state index in [-0.39, 0.29) is 11.5 Å². The first-order valence-electron chi connectivity index (χ1n) is 11.3. The molecule has 1 atom stereocenters. The summed E-state index contributed by atoms with van der Waals surface area (Å²) in [5, 5.41) is 0.805. The van der Waals surface area contributed by atoms with Crippen molar-refractivity contribution in [2.24, 2.45) is 0 Å². The monoisotopic (exact) mass is 569 g/mol. The van der Waals surface area contributed by atoms with Crippen molar-refractivity contribution in [2.75, 3.05) is 20.8 Å². The third kappa shape index (κ3) is 4.58. The van der Waals surface area contributed by atoms with Crippen LogP contribution in [0.3, 0.4) is 0 Å². The van der Waals surface area contributed by atoms with Crippen molar-refractivity contribution in [1.82, 2.24) is 14.5 Å². The lowest BCUT2D eigenvalue weighted by Gasteiger charge is -2.30. The van der Waals surface area contributed by atoms with Crippen LogP contribution in [0.15, 0.2) is 69.9 Å². The number of hydrogen-bond acceptors (Lipinski definition) is 5. The van der Waals surface area contributed by atoms with Crippen LogP contribution in [0.2, 0.25) is 5.02 Å². The van der Waals surface area contributed by atoms with E-state index < -0.39 is 6.04 Å². The number of carbonyl (C=O) groups excluding carboxylic acids is 1. The third-order valence-corrected chi connectivity index (χ3v) is 7.17. The first kappa shape index (κ1) is 25.7. The topological polar surface area (TPSA) is 73.7 Å². The highest BCUT2D eigenvalue weighted by Crippen LogP contribution is 2.37. The highest BCUT2D eigenvalue weighted by atomic mass is 79.9. The predicted octanol–water partition coefficient (Wildman–Crippen LogP) is 6.04. The Bertz CT molecular complexity index is 1500. The Hall–Kier alpha value is -3.36. The zero-order valence-electron chi connectivity index (χ0n) is 20.3. The summed E-state index contributed by atoms with van der Waals surface area (Å²) in [7, 11) is 3.08. The summed E-state index contributed by atoms with van der Waals surface area (Å²) in [5.74, 6) is 1.12. The van der Waals surface area contributed by atoms with Gasteiger partial charge in [0.2, 0.25) is 0 Å². The molecule has 1 aromatic heterocycles. The van der Waals surface area contributed by atoms with Crippen LogP contribution in [0, 0.1) is 0 Å². The van der Waals surface area contributed by atoms with Crippen molar-refractivity contribution in [3.63, 3.8) is 0 Å². The van der Waals surface area contributed by atoms with E-state index in [9.17, 15) is 9.59 Å². The number of aromatic nitrogens is 2. The minimum Gasteiger partial charge on any atom is -0.497 e. The predicted molar refractivity (Wildman–Crippen MR) is 145 cm³/mol. The lowest BCUT2D eigenvalue weighted by Crippen LogP contribution is -2.37. The highest BCUT2D eigenvalue weighted by Gasteiger charge is 2.28. The maximum absolute atomic E-state index is 13.9. The molecule has 0 aliphatic carbocycles. The Morgan fingerprint density at radius 1 is 1.11 bits per heavy atom. The van der Waals surface area contributed by atoms with Gasteiger partial charge in [0.05, 0.1) is 51.9 Å². The number of carbonyl (C=O) groups is 1. The molecule has 0 bridgehead atoms. The molecule has 3 aromatic carbocycles. The van der Waals surface area contributed by atoms with E-state index in [1.165, 1.54) is 11.7 Å². The number of amides is 1. The number of ether oxygens (including phenoxy) is 2. The number of rotatable bonds is 7. The van der Waals surface area contributed by atoms with E-state index in [0.29, 0.717) is 55.5 Å². The zero-order chi connectivity index (χ0) is 26.0. The van der Waals surface area contributed by atoms with Crippen molar-refractivity contribution >= 4 is 44.3 Å². The molecule has 0 saturated carbocycles. The van der Waals surface area contributed by atoms with Crippen molar-refractivity contribution in [2.45, 2.75) is 19.9 Å². The van der Waals surface area contributed by atoms with E-state index in [1.54, 1.807) is 66.6 Å². The highest BCUT2D eigenvalue weighted by molar-refractivity contribution is 9.10. The van der Waals surface area contributed by atoms with Crippen molar-refractivity contribution in [3.05, 3.63) is 91.9 Å². The van der Waals surface area contributed by atoms with E-state index in [4.69, 9.17) is 26.1 Å². The SMILES string of the molecule is CCN(C(=O)c1ccccc1Cl)C(C)c1nc2ccccc2c(=O)n1-c1cc(OC)cc(OC)c1Br. The van der Waals surface area contributed by atoms with Gasteiger partial charge < -0.3 is 14.4 Å². The molecule has 0 spiro atoms. The summed E-state index contributed by atoms with van der Waals surface area (Å²) < 4.78 is 13.0. The molecular weight excluding hydrogens is 546 g/mol. The number of hydrogen-bond donors (Lipinski definition) is 0. The zero-order valence-corrected chi connectivity index (χ0v) is 22.6. The van der Waals surface area contributed by atoms with E-state index in [1.807, 2.05) is 19.9 Å². The molecule has 0 fully saturated rings. The molecule has 36 heavy (non-hydrogen) atoms. The summed E-state index contributed by atoms with van der Waals surface area (Å²) >= 11 is 9.92. The first-order valence-corrected chi connectivity index (χ1v) is 12.5. The number of methoxy groups -OCH3 is 2. The fraction of sp³-hybridized carbons (Fsp3) is 0.222. The van der Waals surface area contributed by atoms with Gasteiger partial charge in [-0.2, -0.15) is 0 Å². The molecule has 1 unspecified atom stereocenters. The fourth-order valence-corrected chi connectivity index (χ4v) is 4.96. The van der Waals surface area contributed by atoms with Crippen LogP contribution in [0.4, 0.5) is 0 Å². The average molecular weight is 571 g/mol. The van der Waals surface area contributed by atoms with Crippen LogP contribution in [-0.4, -0.2) is 41.1 Å². The summed E-state index contributed by atoms with van der Waals surface area (Å²) in [6.45, 7) is 4.09. The maximum Gasteiger partial charge on any atom is 0.266 e. The van der Waals surface area contributed by atoms with Crippen LogP contribution >= 0.6 is 27.5 Å². The van der Waals surface area contributed by atoms with Gasteiger partial charge in [-0.15, -0.1) is 0 Å². The molecule has 4 aromatic rings.